The smallest absolute Gasteiger partial charge is 0.0307 e. The van der Waals surface area contributed by atoms with Crippen LogP contribution in [0.2, 0.25) is 0 Å². The molecule has 132 valence electrons. The zero-order valence-electron chi connectivity index (χ0n) is 14.9. The molecule has 1 heterocycles. The number of nitrogens with zero attached hydrogens (tertiary/aromatic N) is 1. The van der Waals surface area contributed by atoms with Crippen molar-refractivity contribution in [1.29, 1.82) is 0 Å². The van der Waals surface area contributed by atoms with Crippen molar-refractivity contribution in [2.24, 2.45) is 5.92 Å². The molecule has 1 aliphatic carbocycles. The average Bonchev–Trinajstić information content (AvgIpc) is 2.64. The second-order valence-corrected chi connectivity index (χ2v) is 7.64. The van der Waals surface area contributed by atoms with E-state index in [1.165, 1.54) is 74.7 Å². The van der Waals surface area contributed by atoms with Gasteiger partial charge >= 0.3 is 0 Å². The third-order valence-corrected chi connectivity index (χ3v) is 5.81. The molecule has 0 aromatic heterocycles. The Labute approximate surface area is 146 Å². The molecule has 0 amide bonds. The topological polar surface area (TPSA) is 35.5 Å². The molecule has 1 aromatic carbocycles. The van der Waals surface area contributed by atoms with Gasteiger partial charge in [0.15, 0.2) is 0 Å². The van der Waals surface area contributed by atoms with Crippen molar-refractivity contribution in [2.45, 2.75) is 64.3 Å². The normalized spacial score (nSPS) is 19.0. The lowest BCUT2D eigenvalue weighted by atomic mass is 9.86. The van der Waals surface area contributed by atoms with Gasteiger partial charge in [-0.15, -0.1) is 0 Å². The summed E-state index contributed by atoms with van der Waals surface area (Å²) in [5.41, 5.74) is 7.20. The van der Waals surface area contributed by atoms with Crippen molar-refractivity contribution in [2.75, 3.05) is 13.1 Å². The summed E-state index contributed by atoms with van der Waals surface area (Å²) in [6.45, 7) is 7.37. The first kappa shape index (κ1) is 17.5. The molecule has 0 saturated heterocycles. The van der Waals surface area contributed by atoms with E-state index in [9.17, 15) is 0 Å². The summed E-state index contributed by atoms with van der Waals surface area (Å²) in [5.74, 6) is 0.975. The third-order valence-electron chi connectivity index (χ3n) is 5.81. The van der Waals surface area contributed by atoms with E-state index in [0.29, 0.717) is 5.70 Å². The van der Waals surface area contributed by atoms with Crippen molar-refractivity contribution in [3.63, 3.8) is 0 Å². The van der Waals surface area contributed by atoms with E-state index >= 15 is 0 Å². The monoisotopic (exact) mass is 328 g/mol. The Morgan fingerprint density at radius 3 is 2.83 bits per heavy atom. The third kappa shape index (κ3) is 4.84. The molecule has 3 nitrogen and oxygen atoms in total. The van der Waals surface area contributed by atoms with Crippen molar-refractivity contribution >= 4 is 0 Å². The molecule has 0 radical (unpaired) electrons. The molecule has 0 unspecified atom stereocenters. The summed E-state index contributed by atoms with van der Waals surface area (Å²) in [4.78, 5) is 2.65. The molecule has 2 N–H and O–H groups in total. The molecule has 1 saturated carbocycles. The van der Waals surface area contributed by atoms with E-state index < -0.39 is 0 Å². The van der Waals surface area contributed by atoms with Gasteiger partial charge in [-0.3, -0.25) is 15.6 Å². The number of allylic oxidation sites excluding steroid dienone is 1. The van der Waals surface area contributed by atoms with Crippen LogP contribution >= 0.6 is 0 Å². The Bertz CT molecular complexity index is 549. The molecule has 2 aliphatic rings. The van der Waals surface area contributed by atoms with Crippen LogP contribution in [-0.4, -0.2) is 23.2 Å². The van der Waals surface area contributed by atoms with Gasteiger partial charge in [0.05, 0.1) is 0 Å². The molecule has 1 aliphatic heterocycles. The van der Waals surface area contributed by atoms with Gasteiger partial charge in [-0.1, -0.05) is 56.9 Å². The minimum atomic E-state index is 0.682. The lowest BCUT2D eigenvalue weighted by Crippen LogP contribution is -2.32. The molecule has 1 fully saturated rings. The SMILES string of the molecule is C=C(CCc1ccc2c(c1)CN(CCC1CCCCC1)CC2)NO. The number of hydrogen-bond acceptors (Lipinski definition) is 3. The van der Waals surface area contributed by atoms with Crippen LogP contribution < -0.4 is 5.48 Å². The highest BCUT2D eigenvalue weighted by atomic mass is 16.5. The first-order valence-corrected chi connectivity index (χ1v) is 9.65. The second-order valence-electron chi connectivity index (χ2n) is 7.64. The van der Waals surface area contributed by atoms with Crippen LogP contribution in [-0.2, 0) is 19.4 Å². The number of hydrogen-bond donors (Lipinski definition) is 2. The summed E-state index contributed by atoms with van der Waals surface area (Å²) < 4.78 is 0. The Kier molecular flexibility index (Phi) is 6.33. The van der Waals surface area contributed by atoms with Crippen LogP contribution in [0.25, 0.3) is 0 Å². The zero-order valence-corrected chi connectivity index (χ0v) is 14.9. The van der Waals surface area contributed by atoms with Crippen molar-refractivity contribution in [1.82, 2.24) is 10.4 Å². The molecule has 3 rings (SSSR count). The number of hydroxylamine groups is 1. The van der Waals surface area contributed by atoms with E-state index in [1.807, 2.05) is 0 Å². The van der Waals surface area contributed by atoms with Gasteiger partial charge in [0.25, 0.3) is 0 Å². The zero-order chi connectivity index (χ0) is 16.8. The van der Waals surface area contributed by atoms with Crippen LogP contribution in [0.4, 0.5) is 0 Å². The standard InChI is InChI=1S/C21H32N2O/c1-17(22-24)7-8-19-9-10-20-12-14-23(16-21(20)15-19)13-11-18-5-3-2-4-6-18/h9-10,15,18,22,24H,1-8,11-14,16H2. The van der Waals surface area contributed by atoms with E-state index in [1.54, 1.807) is 0 Å². The van der Waals surface area contributed by atoms with Gasteiger partial charge in [0.1, 0.15) is 0 Å². The fourth-order valence-electron chi connectivity index (χ4n) is 4.21. The highest BCUT2D eigenvalue weighted by molar-refractivity contribution is 5.34. The van der Waals surface area contributed by atoms with Crippen LogP contribution in [0.15, 0.2) is 30.5 Å². The second kappa shape index (κ2) is 8.68. The highest BCUT2D eigenvalue weighted by Gasteiger charge is 2.19. The largest absolute Gasteiger partial charge is 0.299 e. The van der Waals surface area contributed by atoms with Crippen molar-refractivity contribution < 1.29 is 5.21 Å². The Morgan fingerprint density at radius 1 is 1.21 bits per heavy atom. The van der Waals surface area contributed by atoms with Crippen LogP contribution in [0.3, 0.4) is 0 Å². The van der Waals surface area contributed by atoms with Crippen molar-refractivity contribution in [3.8, 4) is 0 Å². The summed E-state index contributed by atoms with van der Waals surface area (Å²) in [6.07, 6.45) is 11.5. The number of rotatable bonds is 7. The predicted molar refractivity (Wildman–Crippen MR) is 99.0 cm³/mol. The van der Waals surface area contributed by atoms with Gasteiger partial charge in [-0.25, -0.2) is 0 Å². The molecule has 3 heteroatoms. The van der Waals surface area contributed by atoms with Gasteiger partial charge in [-0.05, 0) is 54.8 Å². The number of aryl methyl sites for hydroxylation is 1. The fraction of sp³-hybridized carbons (Fsp3) is 0.619. The number of fused-ring (bicyclic) bond motifs is 1. The summed E-state index contributed by atoms with van der Waals surface area (Å²) in [5, 5.41) is 8.85. The van der Waals surface area contributed by atoms with E-state index in [2.05, 4.69) is 35.2 Å². The maximum Gasteiger partial charge on any atom is 0.0307 e. The van der Waals surface area contributed by atoms with E-state index in [0.717, 1.165) is 25.3 Å². The molecule has 0 atom stereocenters. The molecule has 24 heavy (non-hydrogen) atoms. The number of benzene rings is 1. The first-order valence-electron chi connectivity index (χ1n) is 9.65. The molecular formula is C21H32N2O. The minimum absolute atomic E-state index is 0.682. The average molecular weight is 328 g/mol. The van der Waals surface area contributed by atoms with Gasteiger partial charge < -0.3 is 0 Å². The fourth-order valence-corrected chi connectivity index (χ4v) is 4.21. The Hall–Kier alpha value is -1.32. The molecule has 0 spiro atoms. The Balaban J connectivity index is 1.52. The Morgan fingerprint density at radius 2 is 2.04 bits per heavy atom. The first-order chi connectivity index (χ1) is 11.7. The summed E-state index contributed by atoms with van der Waals surface area (Å²) in [6, 6.07) is 6.91. The van der Waals surface area contributed by atoms with Gasteiger partial charge in [0.2, 0.25) is 0 Å². The molecular weight excluding hydrogens is 296 g/mol. The van der Waals surface area contributed by atoms with E-state index in [-0.39, 0.29) is 0 Å². The minimum Gasteiger partial charge on any atom is -0.299 e. The van der Waals surface area contributed by atoms with Gasteiger partial charge in [0, 0.05) is 18.8 Å². The van der Waals surface area contributed by atoms with Crippen LogP contribution in [0.1, 0.15) is 61.6 Å². The maximum atomic E-state index is 8.85. The number of nitrogens with one attached hydrogen (secondary N) is 1. The van der Waals surface area contributed by atoms with Crippen molar-refractivity contribution in [3.05, 3.63) is 47.2 Å². The van der Waals surface area contributed by atoms with Crippen LogP contribution in [0, 0.1) is 5.92 Å². The molecule has 1 aromatic rings. The predicted octanol–water partition coefficient (Wildman–Crippen LogP) is 4.44. The van der Waals surface area contributed by atoms with Gasteiger partial charge in [-0.2, -0.15) is 0 Å². The summed E-state index contributed by atoms with van der Waals surface area (Å²) in [7, 11) is 0. The van der Waals surface area contributed by atoms with Crippen LogP contribution in [0.5, 0.6) is 0 Å². The lowest BCUT2D eigenvalue weighted by Gasteiger charge is -2.31. The highest BCUT2D eigenvalue weighted by Crippen LogP contribution is 2.28. The molecule has 0 bridgehead atoms. The quantitative estimate of drug-likeness (QED) is 0.726. The maximum absolute atomic E-state index is 8.85. The lowest BCUT2D eigenvalue weighted by molar-refractivity contribution is 0.196. The van der Waals surface area contributed by atoms with E-state index in [4.69, 9.17) is 5.21 Å². The summed E-state index contributed by atoms with van der Waals surface area (Å²) >= 11 is 0.